The molecule has 0 saturated carbocycles. The molecule has 0 aromatic heterocycles. The molecule has 0 amide bonds. The Bertz CT molecular complexity index is 1290. The minimum absolute atomic E-state index is 0. The van der Waals surface area contributed by atoms with E-state index in [1.807, 2.05) is 60.7 Å². The Morgan fingerprint density at radius 3 is 0.846 bits per heavy atom. The molecule has 0 radical (unpaired) electrons. The molecule has 0 spiro atoms. The largest absolute Gasteiger partial charge is 2.00 e. The van der Waals surface area contributed by atoms with Crippen molar-refractivity contribution in [1.82, 2.24) is 0 Å². The van der Waals surface area contributed by atoms with E-state index in [0.717, 1.165) is 88.2 Å². The third-order valence-corrected chi connectivity index (χ3v) is 11.3. The van der Waals surface area contributed by atoms with Crippen molar-refractivity contribution < 1.29 is 48.3 Å². The number of hydrogen-bond acceptors (Lipinski definition) is 10. The number of esters is 2. The molecule has 2 atom stereocenters. The van der Waals surface area contributed by atoms with Crippen LogP contribution in [0.4, 0.5) is 0 Å². The summed E-state index contributed by atoms with van der Waals surface area (Å²) in [6.45, 7) is 3.78. The van der Waals surface area contributed by atoms with E-state index in [0.29, 0.717) is 13.2 Å². The standard InChI is InChI=1S/2C27H44O5.Ba/c2*1-24(28)32-27(31-23-25-19-15-14-16-20-25)22-18-13-11-9-7-5-3-2-4-6-8-10-12-17-21-26(29)30;/h2*14-16,19-20,27H,2-13,17-18,21-23H2,1H3,(H,29,30);/q;;+2/p-2. The van der Waals surface area contributed by atoms with Gasteiger partial charge in [0.1, 0.15) is 0 Å². The average Bonchev–Trinajstić information content (AvgIpc) is 3.27. The molecule has 0 aliphatic carbocycles. The smallest absolute Gasteiger partial charge is 0.550 e. The molecule has 0 saturated heterocycles. The summed E-state index contributed by atoms with van der Waals surface area (Å²) in [6.07, 6.45) is 34.1. The Balaban J connectivity index is 0.00000124. The predicted octanol–water partition coefficient (Wildman–Crippen LogP) is 11.8. The van der Waals surface area contributed by atoms with E-state index in [2.05, 4.69) is 0 Å². The fourth-order valence-corrected chi connectivity index (χ4v) is 7.65. The van der Waals surface area contributed by atoms with Crippen LogP contribution in [0.2, 0.25) is 0 Å². The Hall–Kier alpha value is -2.19. The first-order valence-electron chi connectivity index (χ1n) is 25.2. The summed E-state index contributed by atoms with van der Waals surface area (Å²) in [5.41, 5.74) is 2.16. The third-order valence-electron chi connectivity index (χ3n) is 11.3. The van der Waals surface area contributed by atoms with Gasteiger partial charge >= 0.3 is 60.8 Å². The van der Waals surface area contributed by atoms with Crippen LogP contribution in [0.5, 0.6) is 0 Å². The van der Waals surface area contributed by atoms with E-state index in [1.165, 1.54) is 129 Å². The number of carboxylic acid groups (broad SMARTS) is 2. The zero-order valence-corrected chi connectivity index (χ0v) is 45.2. The van der Waals surface area contributed by atoms with Gasteiger partial charge in [-0.3, -0.25) is 9.59 Å². The van der Waals surface area contributed by atoms with Gasteiger partial charge in [0.25, 0.3) is 0 Å². The van der Waals surface area contributed by atoms with E-state index in [-0.39, 0.29) is 73.7 Å². The molecule has 0 aliphatic rings. The zero-order valence-electron chi connectivity index (χ0n) is 40.8. The second-order valence-electron chi connectivity index (χ2n) is 17.4. The summed E-state index contributed by atoms with van der Waals surface area (Å²) in [6, 6.07) is 19.9. The minimum Gasteiger partial charge on any atom is -0.550 e. The molecular weight excluding hydrogens is 946 g/mol. The fraction of sp³-hybridized carbons (Fsp3) is 0.704. The summed E-state index contributed by atoms with van der Waals surface area (Å²) in [4.78, 5) is 43.3. The van der Waals surface area contributed by atoms with Gasteiger partial charge in [0.05, 0.1) is 13.2 Å². The van der Waals surface area contributed by atoms with E-state index in [4.69, 9.17) is 18.9 Å². The van der Waals surface area contributed by atoms with Crippen LogP contribution in [-0.4, -0.2) is 85.3 Å². The molecule has 0 bridgehead atoms. The average molecular weight is 1030 g/mol. The van der Waals surface area contributed by atoms with E-state index < -0.39 is 24.5 Å². The van der Waals surface area contributed by atoms with Gasteiger partial charge in [0, 0.05) is 38.6 Å². The first kappa shape index (κ1) is 62.8. The van der Waals surface area contributed by atoms with Crippen LogP contribution in [0.3, 0.4) is 0 Å². The maximum Gasteiger partial charge on any atom is 2.00 e. The van der Waals surface area contributed by atoms with Crippen LogP contribution in [0.1, 0.15) is 230 Å². The van der Waals surface area contributed by atoms with Gasteiger partial charge in [-0.2, -0.15) is 0 Å². The Kier molecular flexibility index (Phi) is 45.3. The molecule has 0 aliphatic heterocycles. The Morgan fingerprint density at radius 1 is 0.385 bits per heavy atom. The van der Waals surface area contributed by atoms with Crippen molar-refractivity contribution in [2.24, 2.45) is 0 Å². The van der Waals surface area contributed by atoms with E-state index >= 15 is 0 Å². The number of carbonyl (C=O) groups excluding carboxylic acids is 4. The van der Waals surface area contributed by atoms with E-state index in [9.17, 15) is 29.4 Å². The van der Waals surface area contributed by atoms with Crippen molar-refractivity contribution in [2.75, 3.05) is 0 Å². The number of carbonyl (C=O) groups is 4. The number of benzene rings is 2. The van der Waals surface area contributed by atoms with E-state index in [1.54, 1.807) is 0 Å². The predicted molar refractivity (Wildman–Crippen MR) is 257 cm³/mol. The number of aliphatic carboxylic acids is 2. The van der Waals surface area contributed by atoms with Crippen molar-refractivity contribution in [3.8, 4) is 0 Å². The number of hydrogen-bond donors (Lipinski definition) is 0. The summed E-state index contributed by atoms with van der Waals surface area (Å²) >= 11 is 0. The van der Waals surface area contributed by atoms with Gasteiger partial charge in [0.2, 0.25) is 12.6 Å². The number of carboxylic acids is 2. The number of unbranched alkanes of at least 4 members (excludes halogenated alkanes) is 26. The molecule has 65 heavy (non-hydrogen) atoms. The van der Waals surface area contributed by atoms with Crippen molar-refractivity contribution in [1.29, 1.82) is 0 Å². The topological polar surface area (TPSA) is 151 Å². The molecule has 2 rings (SSSR count). The van der Waals surface area contributed by atoms with Gasteiger partial charge in [0.15, 0.2) is 0 Å². The number of ether oxygens (including phenoxy) is 4. The normalized spacial score (nSPS) is 11.7. The molecule has 0 fully saturated rings. The molecule has 0 N–H and O–H groups in total. The molecule has 364 valence electrons. The van der Waals surface area contributed by atoms with Gasteiger partial charge in [-0.25, -0.2) is 0 Å². The molecule has 2 aromatic rings. The Labute approximate surface area is 434 Å². The summed E-state index contributed by atoms with van der Waals surface area (Å²) in [5, 5.41) is 20.7. The molecule has 10 nitrogen and oxygen atoms in total. The van der Waals surface area contributed by atoms with Crippen molar-refractivity contribution in [2.45, 2.75) is 245 Å². The van der Waals surface area contributed by atoms with Crippen molar-refractivity contribution in [3.63, 3.8) is 0 Å². The van der Waals surface area contributed by atoms with Crippen LogP contribution in [0.25, 0.3) is 0 Å². The van der Waals surface area contributed by atoms with Gasteiger partial charge in [-0.05, 0) is 49.7 Å². The minimum atomic E-state index is -0.927. The summed E-state index contributed by atoms with van der Waals surface area (Å²) < 4.78 is 22.2. The summed E-state index contributed by atoms with van der Waals surface area (Å²) in [5.74, 6) is -2.44. The molecule has 0 heterocycles. The van der Waals surface area contributed by atoms with Crippen LogP contribution >= 0.6 is 0 Å². The SMILES string of the molecule is CC(=O)OC(CCCCCCCCCCCCCCCCC(=O)[O-])OCc1ccccc1.CC(=O)OC(CCCCCCCCCCCCCCCCC(=O)[O-])OCc1ccccc1.[Ba+2]. The van der Waals surface area contributed by atoms with Crippen molar-refractivity contribution >= 4 is 72.8 Å². The van der Waals surface area contributed by atoms with Crippen LogP contribution in [0.15, 0.2) is 60.7 Å². The first-order valence-corrected chi connectivity index (χ1v) is 25.2. The first-order chi connectivity index (χ1) is 31.2. The third kappa shape index (κ3) is 45.4. The second kappa shape index (κ2) is 46.9. The zero-order chi connectivity index (χ0) is 46.6. The number of rotatable bonds is 42. The van der Waals surface area contributed by atoms with Crippen molar-refractivity contribution in [3.05, 3.63) is 71.8 Å². The monoisotopic (exact) mass is 1030 g/mol. The Morgan fingerprint density at radius 2 is 0.615 bits per heavy atom. The summed E-state index contributed by atoms with van der Waals surface area (Å²) in [7, 11) is 0. The molecule has 2 unspecified atom stereocenters. The van der Waals surface area contributed by atoms with Crippen LogP contribution in [0, 0.1) is 0 Å². The maximum atomic E-state index is 11.3. The maximum absolute atomic E-state index is 11.3. The van der Waals surface area contributed by atoms with Crippen LogP contribution < -0.4 is 10.2 Å². The molecule has 11 heteroatoms. The quantitative estimate of drug-likeness (QED) is 0.0272. The van der Waals surface area contributed by atoms with Gasteiger partial charge in [-0.15, -0.1) is 0 Å². The second-order valence-corrected chi connectivity index (χ2v) is 17.4. The fourth-order valence-electron chi connectivity index (χ4n) is 7.65. The van der Waals surface area contributed by atoms with Gasteiger partial charge in [-0.1, -0.05) is 215 Å². The molecule has 2 aromatic carbocycles. The van der Waals surface area contributed by atoms with Crippen LogP contribution in [-0.2, 0) is 51.3 Å². The molecular formula is C54H86BaO10. The van der Waals surface area contributed by atoms with Gasteiger partial charge < -0.3 is 38.7 Å².